The normalized spacial score (nSPS) is 17.4. The molecule has 3 N–H and O–H groups in total. The van der Waals surface area contributed by atoms with Crippen LogP contribution in [-0.4, -0.2) is 18.5 Å². The van der Waals surface area contributed by atoms with E-state index >= 15 is 0 Å². The van der Waals surface area contributed by atoms with Crippen molar-refractivity contribution in [1.29, 1.82) is 0 Å². The van der Waals surface area contributed by atoms with Gasteiger partial charge in [-0.15, -0.1) is 0 Å². The summed E-state index contributed by atoms with van der Waals surface area (Å²) in [5.41, 5.74) is 6.04. The number of rotatable bonds is 5. The van der Waals surface area contributed by atoms with Crippen LogP contribution in [0.15, 0.2) is 23.6 Å². The summed E-state index contributed by atoms with van der Waals surface area (Å²) in [5, 5.41) is 2.75. The van der Waals surface area contributed by atoms with E-state index in [4.69, 9.17) is 5.73 Å². The van der Waals surface area contributed by atoms with Gasteiger partial charge in [-0.25, -0.2) is 4.39 Å². The fourth-order valence-corrected chi connectivity index (χ4v) is 1.56. The molecule has 1 amide bonds. The molecule has 0 radical (unpaired) electrons. The number of nitrogens with two attached hydrogens (primary N) is 1. The van der Waals surface area contributed by atoms with Crippen molar-refractivity contribution < 1.29 is 9.18 Å². The Labute approximate surface area is 95.6 Å². The minimum Gasteiger partial charge on any atom is -0.352 e. The highest BCUT2D eigenvalue weighted by molar-refractivity contribution is 5.76. The highest BCUT2D eigenvalue weighted by atomic mass is 19.1. The molecule has 1 atom stereocenters. The van der Waals surface area contributed by atoms with Crippen molar-refractivity contribution in [2.24, 2.45) is 5.73 Å². The Morgan fingerprint density at radius 1 is 1.69 bits per heavy atom. The summed E-state index contributed by atoms with van der Waals surface area (Å²) in [5.74, 6) is -0.153. The Bertz CT molecular complexity index is 310. The first kappa shape index (κ1) is 12.9. The molecule has 1 rings (SSSR count). The number of nitrogens with one attached hydrogen (secondary N) is 1. The van der Waals surface area contributed by atoms with Crippen LogP contribution in [0.2, 0.25) is 0 Å². The zero-order chi connectivity index (χ0) is 12.0. The van der Waals surface area contributed by atoms with Crippen molar-refractivity contribution in [1.82, 2.24) is 5.32 Å². The van der Waals surface area contributed by atoms with Gasteiger partial charge in [0.15, 0.2) is 0 Å². The molecule has 0 aliphatic heterocycles. The average molecular weight is 226 g/mol. The highest BCUT2D eigenvalue weighted by Gasteiger charge is 2.11. The summed E-state index contributed by atoms with van der Waals surface area (Å²) in [4.78, 5) is 11.4. The maximum absolute atomic E-state index is 13.3. The summed E-state index contributed by atoms with van der Waals surface area (Å²) in [7, 11) is 0. The largest absolute Gasteiger partial charge is 0.352 e. The van der Waals surface area contributed by atoms with E-state index < -0.39 is 0 Å². The number of amides is 1. The van der Waals surface area contributed by atoms with E-state index in [1.165, 1.54) is 0 Å². The second-order valence-corrected chi connectivity index (χ2v) is 4.08. The third-order valence-corrected chi connectivity index (χ3v) is 2.58. The van der Waals surface area contributed by atoms with E-state index in [1.807, 2.05) is 13.0 Å². The first-order chi connectivity index (χ1) is 7.63. The lowest BCUT2D eigenvalue weighted by molar-refractivity contribution is -0.121. The maximum Gasteiger partial charge on any atom is 0.220 e. The van der Waals surface area contributed by atoms with E-state index in [1.54, 1.807) is 6.08 Å². The molecule has 0 fully saturated rings. The SMILES string of the molecule is C[C@@H](CN)NC(=O)CCC1=C(F)CCC=C1. The van der Waals surface area contributed by atoms with Gasteiger partial charge in [-0.2, -0.15) is 0 Å². The van der Waals surface area contributed by atoms with Crippen molar-refractivity contribution >= 4 is 5.91 Å². The van der Waals surface area contributed by atoms with E-state index in [9.17, 15) is 9.18 Å². The van der Waals surface area contributed by atoms with Gasteiger partial charge < -0.3 is 11.1 Å². The van der Waals surface area contributed by atoms with Crippen LogP contribution in [-0.2, 0) is 4.79 Å². The van der Waals surface area contributed by atoms with Crippen LogP contribution in [0.3, 0.4) is 0 Å². The first-order valence-corrected chi connectivity index (χ1v) is 5.67. The summed E-state index contributed by atoms with van der Waals surface area (Å²) in [6, 6.07) is -0.0202. The Hall–Kier alpha value is -1.16. The van der Waals surface area contributed by atoms with Gasteiger partial charge in [-0.1, -0.05) is 12.2 Å². The van der Waals surface area contributed by atoms with Crippen LogP contribution in [0, 0.1) is 0 Å². The van der Waals surface area contributed by atoms with E-state index in [2.05, 4.69) is 5.32 Å². The third kappa shape index (κ3) is 4.14. The van der Waals surface area contributed by atoms with Gasteiger partial charge in [-0.05, 0) is 25.3 Å². The summed E-state index contributed by atoms with van der Waals surface area (Å²) >= 11 is 0. The molecule has 4 heteroatoms. The molecule has 0 aromatic carbocycles. The number of halogens is 1. The Balaban J connectivity index is 2.34. The predicted molar refractivity (Wildman–Crippen MR) is 62.4 cm³/mol. The monoisotopic (exact) mass is 226 g/mol. The Morgan fingerprint density at radius 3 is 3.06 bits per heavy atom. The number of carbonyl (C=O) groups excluding carboxylic acids is 1. The molecule has 0 unspecified atom stereocenters. The van der Waals surface area contributed by atoms with Gasteiger partial charge in [0, 0.05) is 25.4 Å². The second kappa shape index (κ2) is 6.43. The molecule has 0 spiro atoms. The zero-order valence-electron chi connectivity index (χ0n) is 9.63. The van der Waals surface area contributed by atoms with Crippen LogP contribution < -0.4 is 11.1 Å². The van der Waals surface area contributed by atoms with Gasteiger partial charge in [0.25, 0.3) is 0 Å². The van der Waals surface area contributed by atoms with E-state index in [0.29, 0.717) is 31.4 Å². The van der Waals surface area contributed by atoms with Crippen LogP contribution in [0.5, 0.6) is 0 Å². The maximum atomic E-state index is 13.3. The Kier molecular flexibility index (Phi) is 5.19. The van der Waals surface area contributed by atoms with Gasteiger partial charge in [0.2, 0.25) is 5.91 Å². The number of carbonyl (C=O) groups is 1. The fourth-order valence-electron chi connectivity index (χ4n) is 1.56. The van der Waals surface area contributed by atoms with Crippen molar-refractivity contribution in [3.63, 3.8) is 0 Å². The molecule has 0 heterocycles. The standard InChI is InChI=1S/C12H19FN2O/c1-9(8-14)15-12(16)7-6-10-4-2-3-5-11(10)13/h2,4,9H,3,5-8,14H2,1H3,(H,15,16)/t9-/m0/s1. The predicted octanol–water partition coefficient (Wildman–Crippen LogP) is 1.80. The number of hydrogen-bond donors (Lipinski definition) is 2. The lowest BCUT2D eigenvalue weighted by Crippen LogP contribution is -2.37. The topological polar surface area (TPSA) is 55.1 Å². The number of allylic oxidation sites excluding steroid dienone is 4. The molecule has 1 aliphatic rings. The van der Waals surface area contributed by atoms with E-state index in [-0.39, 0.29) is 17.8 Å². The van der Waals surface area contributed by atoms with Crippen LogP contribution >= 0.6 is 0 Å². The van der Waals surface area contributed by atoms with Gasteiger partial charge in [0.1, 0.15) is 5.83 Å². The van der Waals surface area contributed by atoms with Crippen molar-refractivity contribution in [2.45, 2.75) is 38.6 Å². The fraction of sp³-hybridized carbons (Fsp3) is 0.583. The van der Waals surface area contributed by atoms with Crippen molar-refractivity contribution in [3.8, 4) is 0 Å². The molecule has 16 heavy (non-hydrogen) atoms. The lowest BCUT2D eigenvalue weighted by atomic mass is 10.0. The van der Waals surface area contributed by atoms with Crippen LogP contribution in [0.1, 0.15) is 32.6 Å². The lowest BCUT2D eigenvalue weighted by Gasteiger charge is -2.12. The average Bonchev–Trinajstić information content (AvgIpc) is 2.28. The molecule has 0 bridgehead atoms. The third-order valence-electron chi connectivity index (χ3n) is 2.58. The molecule has 0 aromatic heterocycles. The van der Waals surface area contributed by atoms with Gasteiger partial charge >= 0.3 is 0 Å². The quantitative estimate of drug-likeness (QED) is 0.751. The van der Waals surface area contributed by atoms with Gasteiger partial charge in [-0.3, -0.25) is 4.79 Å². The summed E-state index contributed by atoms with van der Waals surface area (Å²) in [6.45, 7) is 2.26. The van der Waals surface area contributed by atoms with E-state index in [0.717, 1.165) is 6.42 Å². The van der Waals surface area contributed by atoms with Crippen LogP contribution in [0.25, 0.3) is 0 Å². The number of hydrogen-bond acceptors (Lipinski definition) is 2. The molecular formula is C12H19FN2O. The zero-order valence-corrected chi connectivity index (χ0v) is 9.63. The molecule has 0 saturated carbocycles. The summed E-state index contributed by atoms with van der Waals surface area (Å²) < 4.78 is 13.3. The second-order valence-electron chi connectivity index (χ2n) is 4.08. The van der Waals surface area contributed by atoms with Gasteiger partial charge in [0.05, 0.1) is 0 Å². The smallest absolute Gasteiger partial charge is 0.220 e. The molecule has 0 aromatic rings. The van der Waals surface area contributed by atoms with Crippen molar-refractivity contribution in [3.05, 3.63) is 23.6 Å². The highest BCUT2D eigenvalue weighted by Crippen LogP contribution is 2.23. The Morgan fingerprint density at radius 2 is 2.44 bits per heavy atom. The first-order valence-electron chi connectivity index (χ1n) is 5.67. The molecular weight excluding hydrogens is 207 g/mol. The molecule has 1 aliphatic carbocycles. The molecule has 3 nitrogen and oxygen atoms in total. The summed E-state index contributed by atoms with van der Waals surface area (Å²) in [6.07, 6.45) is 5.72. The minimum atomic E-state index is -0.0813. The van der Waals surface area contributed by atoms with Crippen LogP contribution in [0.4, 0.5) is 4.39 Å². The van der Waals surface area contributed by atoms with Crippen molar-refractivity contribution in [2.75, 3.05) is 6.54 Å². The molecule has 90 valence electrons. The molecule has 0 saturated heterocycles. The minimum absolute atomic E-state index is 0.0202.